The van der Waals surface area contributed by atoms with Gasteiger partial charge in [-0.15, -0.1) is 0 Å². The van der Waals surface area contributed by atoms with Gasteiger partial charge in [0, 0.05) is 25.9 Å². The van der Waals surface area contributed by atoms with Crippen LogP contribution in [0.2, 0.25) is 0 Å². The first kappa shape index (κ1) is 23.7. The van der Waals surface area contributed by atoms with E-state index in [0.717, 1.165) is 54.3 Å². The molecule has 0 amide bonds. The zero-order valence-corrected chi connectivity index (χ0v) is 19.9. The predicted molar refractivity (Wildman–Crippen MR) is 123 cm³/mol. The second-order valence-corrected chi connectivity index (χ2v) is 10.4. The van der Waals surface area contributed by atoms with Gasteiger partial charge in [0.1, 0.15) is 0 Å². The van der Waals surface area contributed by atoms with E-state index in [9.17, 15) is 4.21 Å². The smallest absolute Gasteiger partial charge is 0.0938 e. The van der Waals surface area contributed by atoms with Crippen LogP contribution < -0.4 is 5.48 Å². The van der Waals surface area contributed by atoms with Crippen molar-refractivity contribution in [2.24, 2.45) is 5.92 Å². The summed E-state index contributed by atoms with van der Waals surface area (Å²) in [5.41, 5.74) is 7.33. The summed E-state index contributed by atoms with van der Waals surface area (Å²) in [5, 5.41) is 0.176. The first-order valence-electron chi connectivity index (χ1n) is 10.0. The molecule has 0 heterocycles. The molecule has 2 unspecified atom stereocenters. The van der Waals surface area contributed by atoms with Crippen LogP contribution in [0.5, 0.6) is 0 Å². The van der Waals surface area contributed by atoms with E-state index < -0.39 is 10.8 Å². The maximum absolute atomic E-state index is 12.8. The molecule has 0 bridgehead atoms. The summed E-state index contributed by atoms with van der Waals surface area (Å²) in [7, 11) is -0.948. The molecule has 0 saturated heterocycles. The molecule has 1 aliphatic carbocycles. The van der Waals surface area contributed by atoms with Gasteiger partial charge in [-0.3, -0.25) is 14.5 Å². The van der Waals surface area contributed by atoms with Crippen molar-refractivity contribution in [3.8, 4) is 0 Å². The topological polar surface area (TPSA) is 38.3 Å². The number of halogens is 2. The minimum Gasteiger partial charge on any atom is -0.272 e. The van der Waals surface area contributed by atoms with Gasteiger partial charge < -0.3 is 0 Å². The van der Waals surface area contributed by atoms with Crippen molar-refractivity contribution >= 4 is 38.3 Å². The number of hydrogen-bond donors (Lipinski definition) is 1. The summed E-state index contributed by atoms with van der Waals surface area (Å²) in [6.07, 6.45) is 9.40. The van der Waals surface area contributed by atoms with E-state index in [1.807, 2.05) is 24.3 Å². The van der Waals surface area contributed by atoms with Crippen molar-refractivity contribution in [2.45, 2.75) is 68.9 Å². The lowest BCUT2D eigenvalue weighted by atomic mass is 9.82. The van der Waals surface area contributed by atoms with Crippen LogP contribution in [0.1, 0.15) is 58.8 Å². The van der Waals surface area contributed by atoms with Crippen LogP contribution in [0.3, 0.4) is 0 Å². The maximum Gasteiger partial charge on any atom is 0.0938 e. The number of rotatable bonds is 10. The van der Waals surface area contributed by atoms with Gasteiger partial charge >= 0.3 is 0 Å². The minimum atomic E-state index is -0.948. The Bertz CT molecular complexity index is 680. The second kappa shape index (κ2) is 12.8. The Morgan fingerprint density at radius 3 is 2.64 bits per heavy atom. The van der Waals surface area contributed by atoms with Crippen molar-refractivity contribution < 1.29 is 9.05 Å². The van der Waals surface area contributed by atoms with Crippen LogP contribution >= 0.6 is 27.5 Å². The van der Waals surface area contributed by atoms with Crippen LogP contribution in [-0.2, 0) is 15.6 Å². The molecular formula is C22H31BrClNO2S. The Balaban J connectivity index is 1.87. The lowest BCUT2D eigenvalue weighted by Gasteiger charge is -2.28. The van der Waals surface area contributed by atoms with Crippen molar-refractivity contribution in [3.63, 3.8) is 0 Å². The molecule has 0 aliphatic heterocycles. The highest BCUT2D eigenvalue weighted by Crippen LogP contribution is 2.34. The molecule has 1 aromatic carbocycles. The third-order valence-corrected chi connectivity index (χ3v) is 7.54. The monoisotopic (exact) mass is 487 g/mol. The van der Waals surface area contributed by atoms with Gasteiger partial charge in [-0.05, 0) is 80.4 Å². The average Bonchev–Trinajstić information content (AvgIpc) is 2.71. The molecule has 1 N–H and O–H groups in total. The minimum absolute atomic E-state index is 0.176. The highest BCUT2D eigenvalue weighted by Gasteiger charge is 2.23. The van der Waals surface area contributed by atoms with Gasteiger partial charge in [-0.1, -0.05) is 47.8 Å². The van der Waals surface area contributed by atoms with Crippen LogP contribution in [-0.4, -0.2) is 16.1 Å². The largest absolute Gasteiger partial charge is 0.272 e. The zero-order valence-electron chi connectivity index (χ0n) is 16.8. The summed E-state index contributed by atoms with van der Waals surface area (Å²) in [6.45, 7) is 4.77. The normalized spacial score (nSPS) is 19.6. The summed E-state index contributed by atoms with van der Waals surface area (Å²) in [6, 6.07) is 7.84. The molecule has 1 fully saturated rings. The van der Waals surface area contributed by atoms with Gasteiger partial charge in [0.05, 0.1) is 17.4 Å². The molecule has 1 aromatic rings. The molecule has 28 heavy (non-hydrogen) atoms. The number of hydroxylamine groups is 1. The number of allylic oxidation sites excluding steroid dienone is 2. The first-order valence-corrected chi connectivity index (χ1v) is 12.5. The van der Waals surface area contributed by atoms with Crippen molar-refractivity contribution in [2.75, 3.05) is 6.61 Å². The highest BCUT2D eigenvalue weighted by molar-refractivity contribution is 9.10. The Kier molecular flexibility index (Phi) is 10.8. The molecule has 3 nitrogen and oxygen atoms in total. The molecule has 2 atom stereocenters. The Morgan fingerprint density at radius 1 is 1.36 bits per heavy atom. The van der Waals surface area contributed by atoms with Gasteiger partial charge in [0.25, 0.3) is 0 Å². The SMILES string of the molecule is CCCC(NOCC=CCl)=C1CCC(CC(C)S(=O)c2ccc(Br)cc2)CC1. The summed E-state index contributed by atoms with van der Waals surface area (Å²) < 4.78 is 13.8. The zero-order chi connectivity index (χ0) is 20.4. The average molecular weight is 489 g/mol. The number of nitrogens with one attached hydrogen (secondary N) is 1. The molecule has 0 radical (unpaired) electrons. The number of benzene rings is 1. The lowest BCUT2D eigenvalue weighted by molar-refractivity contribution is 0.0817. The standard InChI is InChI=1S/C22H31BrClNO2S/c1-3-5-22(25-27-15-4-14-24)19-8-6-18(7-9-19)16-17(2)28(26)21-12-10-20(23)11-13-21/h4,10-14,17-18,25H,3,5-9,15-16H2,1-2H3. The van der Waals surface area contributed by atoms with Gasteiger partial charge in [0.2, 0.25) is 0 Å². The fourth-order valence-electron chi connectivity index (χ4n) is 3.68. The fourth-order valence-corrected chi connectivity index (χ4v) is 5.34. The fraction of sp³-hybridized carbons (Fsp3) is 0.545. The van der Waals surface area contributed by atoms with Crippen molar-refractivity contribution in [1.82, 2.24) is 5.48 Å². The van der Waals surface area contributed by atoms with Crippen LogP contribution in [0.25, 0.3) is 0 Å². The van der Waals surface area contributed by atoms with E-state index in [4.69, 9.17) is 16.4 Å². The highest BCUT2D eigenvalue weighted by atomic mass is 79.9. The van der Waals surface area contributed by atoms with E-state index in [2.05, 4.69) is 35.3 Å². The molecular weight excluding hydrogens is 458 g/mol. The maximum atomic E-state index is 12.8. The summed E-state index contributed by atoms with van der Waals surface area (Å²) in [5.74, 6) is 0.640. The van der Waals surface area contributed by atoms with E-state index in [0.29, 0.717) is 12.5 Å². The summed E-state index contributed by atoms with van der Waals surface area (Å²) >= 11 is 8.96. The molecule has 0 aromatic heterocycles. The van der Waals surface area contributed by atoms with Crippen LogP contribution in [0, 0.1) is 5.92 Å². The Labute approximate surface area is 185 Å². The molecule has 1 aliphatic rings. The van der Waals surface area contributed by atoms with E-state index >= 15 is 0 Å². The van der Waals surface area contributed by atoms with E-state index in [1.54, 1.807) is 6.08 Å². The van der Waals surface area contributed by atoms with Crippen molar-refractivity contribution in [3.05, 3.63) is 51.6 Å². The van der Waals surface area contributed by atoms with Crippen LogP contribution in [0.15, 0.2) is 56.5 Å². The molecule has 156 valence electrons. The van der Waals surface area contributed by atoms with Gasteiger partial charge in [0.15, 0.2) is 0 Å². The first-order chi connectivity index (χ1) is 13.5. The van der Waals surface area contributed by atoms with Gasteiger partial charge in [-0.2, -0.15) is 0 Å². The predicted octanol–water partition coefficient (Wildman–Crippen LogP) is 6.85. The third kappa shape index (κ3) is 7.66. The Morgan fingerprint density at radius 2 is 2.04 bits per heavy atom. The second-order valence-electron chi connectivity index (χ2n) is 7.35. The van der Waals surface area contributed by atoms with E-state index in [-0.39, 0.29) is 5.25 Å². The molecule has 2 rings (SSSR count). The Hall–Kier alpha value is -0.620. The molecule has 0 spiro atoms. The van der Waals surface area contributed by atoms with Gasteiger partial charge in [-0.25, -0.2) is 0 Å². The number of hydrogen-bond acceptors (Lipinski definition) is 3. The quantitative estimate of drug-likeness (QED) is 0.289. The lowest BCUT2D eigenvalue weighted by Crippen LogP contribution is -2.21. The van der Waals surface area contributed by atoms with E-state index in [1.165, 1.54) is 16.8 Å². The third-order valence-electron chi connectivity index (χ3n) is 5.18. The molecule has 6 heteroatoms. The van der Waals surface area contributed by atoms with Crippen LogP contribution in [0.4, 0.5) is 0 Å². The molecule has 1 saturated carbocycles. The van der Waals surface area contributed by atoms with Crippen molar-refractivity contribution in [1.29, 1.82) is 0 Å². The summed E-state index contributed by atoms with van der Waals surface area (Å²) in [4.78, 5) is 6.42.